The fourth-order valence-electron chi connectivity index (χ4n) is 2.32. The van der Waals surface area contributed by atoms with E-state index in [1.54, 1.807) is 20.8 Å². The zero-order valence-corrected chi connectivity index (χ0v) is 14.0. The largest absolute Gasteiger partial charge is 0.464 e. The molecule has 24 heavy (non-hydrogen) atoms. The smallest absolute Gasteiger partial charge is 0.310 e. The van der Waals surface area contributed by atoms with Crippen LogP contribution in [0.1, 0.15) is 11.3 Å². The molecule has 3 rings (SSSR count). The summed E-state index contributed by atoms with van der Waals surface area (Å²) in [6, 6.07) is 9.68. The molecule has 2 heterocycles. The average Bonchev–Trinajstić information content (AvgIpc) is 3.17. The quantitative estimate of drug-likeness (QED) is 0.644. The number of esters is 1. The molecule has 1 aromatic carbocycles. The number of benzene rings is 1. The maximum absolute atomic E-state index is 11.9. The van der Waals surface area contributed by atoms with Crippen LogP contribution in [0.4, 0.5) is 0 Å². The van der Waals surface area contributed by atoms with Crippen molar-refractivity contribution in [3.63, 3.8) is 0 Å². The lowest BCUT2D eigenvalue weighted by Gasteiger charge is -2.06. The molecule has 0 saturated heterocycles. The van der Waals surface area contributed by atoms with Crippen LogP contribution in [0, 0.1) is 6.92 Å². The van der Waals surface area contributed by atoms with Crippen LogP contribution in [-0.4, -0.2) is 26.9 Å². The zero-order chi connectivity index (χ0) is 16.9. The van der Waals surface area contributed by atoms with Gasteiger partial charge in [-0.3, -0.25) is 14.2 Å². The Morgan fingerprint density at radius 2 is 2.08 bits per heavy atom. The molecule has 6 nitrogen and oxygen atoms in total. The second-order valence-corrected chi connectivity index (χ2v) is 6.14. The van der Waals surface area contributed by atoms with Crippen molar-refractivity contribution in [2.45, 2.75) is 19.9 Å². The van der Waals surface area contributed by atoms with Gasteiger partial charge < -0.3 is 4.74 Å². The summed E-state index contributed by atoms with van der Waals surface area (Å²) in [6.45, 7) is 2.42. The Morgan fingerprint density at radius 3 is 2.79 bits per heavy atom. The third-order valence-electron chi connectivity index (χ3n) is 3.56. The molecular formula is C17H17N3O3S. The number of para-hydroxylation sites is 1. The van der Waals surface area contributed by atoms with E-state index in [1.165, 1.54) is 0 Å². The Kier molecular flexibility index (Phi) is 4.90. The lowest BCUT2D eigenvalue weighted by molar-refractivity contribution is -0.143. The fraction of sp³-hybridized carbons (Fsp3) is 0.235. The van der Waals surface area contributed by atoms with E-state index in [4.69, 9.17) is 4.74 Å². The van der Waals surface area contributed by atoms with Gasteiger partial charge in [0, 0.05) is 22.8 Å². The van der Waals surface area contributed by atoms with Crippen molar-refractivity contribution in [3.05, 3.63) is 69.0 Å². The number of ether oxygens (including phenoxy) is 1. The Labute approximate surface area is 142 Å². The van der Waals surface area contributed by atoms with E-state index in [2.05, 4.69) is 5.10 Å². The lowest BCUT2D eigenvalue weighted by atomic mass is 10.2. The molecule has 0 spiro atoms. The molecule has 0 radical (unpaired) electrons. The van der Waals surface area contributed by atoms with Crippen LogP contribution >= 0.6 is 11.3 Å². The summed E-state index contributed by atoms with van der Waals surface area (Å²) in [7, 11) is 0. The second kappa shape index (κ2) is 7.27. The number of hydrogen-bond acceptors (Lipinski definition) is 5. The molecule has 0 aliphatic rings. The van der Waals surface area contributed by atoms with Crippen molar-refractivity contribution < 1.29 is 9.53 Å². The lowest BCUT2D eigenvalue weighted by Crippen LogP contribution is -2.20. The topological polar surface area (TPSA) is 66.1 Å². The normalized spacial score (nSPS) is 10.7. The van der Waals surface area contributed by atoms with Gasteiger partial charge >= 0.3 is 10.8 Å². The number of aromatic nitrogens is 3. The van der Waals surface area contributed by atoms with Gasteiger partial charge in [-0.05, 0) is 19.1 Å². The van der Waals surface area contributed by atoms with E-state index in [0.29, 0.717) is 6.54 Å². The van der Waals surface area contributed by atoms with Crippen LogP contribution in [-0.2, 0) is 22.5 Å². The van der Waals surface area contributed by atoms with Crippen LogP contribution < -0.4 is 4.87 Å². The van der Waals surface area contributed by atoms with E-state index >= 15 is 0 Å². The molecule has 0 amide bonds. The Balaban J connectivity index is 1.52. The molecule has 0 aliphatic carbocycles. The summed E-state index contributed by atoms with van der Waals surface area (Å²) < 4.78 is 8.53. The van der Waals surface area contributed by atoms with Gasteiger partial charge in [0.2, 0.25) is 0 Å². The average molecular weight is 343 g/mol. The molecule has 0 bridgehead atoms. The summed E-state index contributed by atoms with van der Waals surface area (Å²) in [5, 5.41) is 6.04. The summed E-state index contributed by atoms with van der Waals surface area (Å²) >= 11 is 1.15. The minimum Gasteiger partial charge on any atom is -0.464 e. The van der Waals surface area contributed by atoms with Gasteiger partial charge in [0.15, 0.2) is 0 Å². The number of carbonyl (C=O) groups excluding carboxylic acids is 1. The number of nitrogens with zero attached hydrogens (tertiary/aromatic N) is 3. The Morgan fingerprint density at radius 1 is 1.29 bits per heavy atom. The predicted molar refractivity (Wildman–Crippen MR) is 91.5 cm³/mol. The van der Waals surface area contributed by atoms with E-state index in [9.17, 15) is 9.59 Å². The minimum absolute atomic E-state index is 0.0345. The summed E-state index contributed by atoms with van der Waals surface area (Å²) in [6.07, 6.45) is 3.62. The van der Waals surface area contributed by atoms with Gasteiger partial charge in [-0.1, -0.05) is 29.5 Å². The molecule has 124 valence electrons. The molecule has 0 fully saturated rings. The monoisotopic (exact) mass is 343 g/mol. The van der Waals surface area contributed by atoms with E-state index < -0.39 is 0 Å². The first-order chi connectivity index (χ1) is 11.6. The van der Waals surface area contributed by atoms with Crippen LogP contribution in [0.15, 0.2) is 52.9 Å². The molecule has 2 aromatic heterocycles. The highest BCUT2D eigenvalue weighted by Gasteiger charge is 2.09. The fourth-order valence-corrected chi connectivity index (χ4v) is 3.08. The third kappa shape index (κ3) is 3.80. The highest BCUT2D eigenvalue weighted by Crippen LogP contribution is 2.08. The van der Waals surface area contributed by atoms with Crippen LogP contribution in [0.2, 0.25) is 0 Å². The predicted octanol–water partition coefficient (Wildman–Crippen LogP) is 2.19. The van der Waals surface area contributed by atoms with Crippen molar-refractivity contribution in [1.82, 2.24) is 14.3 Å². The standard InChI is InChI=1S/C17H17N3O3S/c1-13-12-24-17(22)19(13)7-8-23-16(21)9-14-10-18-20(11-14)15-5-3-2-4-6-15/h2-6,10-12H,7-9H2,1H3. The van der Waals surface area contributed by atoms with Crippen LogP contribution in [0.25, 0.3) is 5.69 Å². The highest BCUT2D eigenvalue weighted by molar-refractivity contribution is 7.07. The number of hydrogen-bond donors (Lipinski definition) is 0. The molecule has 0 unspecified atom stereocenters. The molecular weight excluding hydrogens is 326 g/mol. The van der Waals surface area contributed by atoms with E-state index in [-0.39, 0.29) is 23.9 Å². The second-order valence-electron chi connectivity index (χ2n) is 5.32. The van der Waals surface area contributed by atoms with Crippen molar-refractivity contribution in [2.75, 3.05) is 6.61 Å². The first-order valence-corrected chi connectivity index (χ1v) is 8.41. The van der Waals surface area contributed by atoms with Gasteiger partial charge in [0.05, 0.1) is 24.8 Å². The molecule has 3 aromatic rings. The van der Waals surface area contributed by atoms with Crippen molar-refractivity contribution in [1.29, 1.82) is 0 Å². The molecule has 0 atom stereocenters. The Hall–Kier alpha value is -2.67. The molecule has 0 saturated carbocycles. The van der Waals surface area contributed by atoms with Gasteiger partial charge in [-0.2, -0.15) is 5.10 Å². The van der Waals surface area contributed by atoms with Crippen molar-refractivity contribution in [2.24, 2.45) is 0 Å². The maximum atomic E-state index is 11.9. The van der Waals surface area contributed by atoms with Crippen LogP contribution in [0.5, 0.6) is 0 Å². The number of rotatable bonds is 6. The highest BCUT2D eigenvalue weighted by atomic mass is 32.1. The van der Waals surface area contributed by atoms with E-state index in [1.807, 2.05) is 43.5 Å². The SMILES string of the molecule is Cc1csc(=O)n1CCOC(=O)Cc1cnn(-c2ccccc2)c1. The maximum Gasteiger partial charge on any atom is 0.310 e. The van der Waals surface area contributed by atoms with Gasteiger partial charge in [0.25, 0.3) is 0 Å². The third-order valence-corrected chi connectivity index (χ3v) is 4.44. The van der Waals surface area contributed by atoms with Crippen LogP contribution in [0.3, 0.4) is 0 Å². The first-order valence-electron chi connectivity index (χ1n) is 7.53. The molecule has 0 aliphatic heterocycles. The number of thiazole rings is 1. The summed E-state index contributed by atoms with van der Waals surface area (Å²) in [5.41, 5.74) is 2.60. The Bertz CT molecular complexity index is 880. The zero-order valence-electron chi connectivity index (χ0n) is 13.2. The number of aryl methyl sites for hydroxylation is 1. The van der Waals surface area contributed by atoms with Gasteiger partial charge in [-0.15, -0.1) is 0 Å². The first kappa shape index (κ1) is 16.2. The van der Waals surface area contributed by atoms with Gasteiger partial charge in [-0.25, -0.2) is 4.68 Å². The summed E-state index contributed by atoms with van der Waals surface area (Å²) in [5.74, 6) is -0.330. The summed E-state index contributed by atoms with van der Waals surface area (Å²) in [4.78, 5) is 23.5. The molecule has 0 N–H and O–H groups in total. The van der Waals surface area contributed by atoms with E-state index in [0.717, 1.165) is 28.3 Å². The minimum atomic E-state index is -0.330. The van der Waals surface area contributed by atoms with Gasteiger partial charge in [0.1, 0.15) is 6.61 Å². The number of carbonyl (C=O) groups is 1. The molecule has 7 heteroatoms. The van der Waals surface area contributed by atoms with Crippen molar-refractivity contribution >= 4 is 17.3 Å². The van der Waals surface area contributed by atoms with Crippen molar-refractivity contribution in [3.8, 4) is 5.69 Å².